The van der Waals surface area contributed by atoms with Gasteiger partial charge in [0.25, 0.3) is 0 Å². The molecular formula is C7H13N3O2. The number of rotatable bonds is 5. The molecule has 0 aromatic heterocycles. The van der Waals surface area contributed by atoms with E-state index in [0.717, 1.165) is 12.8 Å². The summed E-state index contributed by atoms with van der Waals surface area (Å²) in [6.45, 7) is 1.92. The maximum Gasteiger partial charge on any atom is 0.320 e. The Balaban J connectivity index is 2.06. The van der Waals surface area contributed by atoms with Crippen molar-refractivity contribution in [3.05, 3.63) is 0 Å². The van der Waals surface area contributed by atoms with Crippen molar-refractivity contribution in [2.75, 3.05) is 0 Å². The van der Waals surface area contributed by atoms with Crippen LogP contribution in [0.25, 0.3) is 0 Å². The predicted octanol–water partition coefficient (Wildman–Crippen LogP) is 0.751. The van der Waals surface area contributed by atoms with Gasteiger partial charge in [0.1, 0.15) is 6.04 Å². The van der Waals surface area contributed by atoms with Crippen LogP contribution in [0.5, 0.6) is 0 Å². The zero-order valence-corrected chi connectivity index (χ0v) is 7.03. The lowest BCUT2D eigenvalue weighted by Gasteiger charge is -2.06. The highest BCUT2D eigenvalue weighted by molar-refractivity contribution is 5.72. The fourth-order valence-electron chi connectivity index (χ4n) is 0.966. The second-order valence-corrected chi connectivity index (χ2v) is 3.25. The van der Waals surface area contributed by atoms with Gasteiger partial charge in [-0.1, -0.05) is 0 Å². The van der Waals surface area contributed by atoms with Crippen molar-refractivity contribution in [1.29, 1.82) is 0 Å². The lowest BCUT2D eigenvalue weighted by molar-refractivity contribution is -0.138. The van der Waals surface area contributed by atoms with Crippen molar-refractivity contribution in [3.63, 3.8) is 0 Å². The summed E-state index contributed by atoms with van der Waals surface area (Å²) >= 11 is 0. The molecule has 1 atom stereocenters. The minimum absolute atomic E-state index is 0.224. The highest BCUT2D eigenvalue weighted by Crippen LogP contribution is 2.32. The molecule has 0 spiro atoms. The van der Waals surface area contributed by atoms with E-state index in [9.17, 15) is 4.79 Å². The normalized spacial score (nSPS) is 20.5. The van der Waals surface area contributed by atoms with Crippen molar-refractivity contribution < 1.29 is 9.90 Å². The summed E-state index contributed by atoms with van der Waals surface area (Å²) in [6.07, 6.45) is 2.06. The van der Waals surface area contributed by atoms with Crippen molar-refractivity contribution in [3.8, 4) is 0 Å². The second-order valence-electron chi connectivity index (χ2n) is 3.25. The van der Waals surface area contributed by atoms with Gasteiger partial charge in [-0.25, -0.2) is 0 Å². The van der Waals surface area contributed by atoms with E-state index >= 15 is 0 Å². The molecule has 1 heterocycles. The summed E-state index contributed by atoms with van der Waals surface area (Å²) in [5.74, 6) is -0.940. The van der Waals surface area contributed by atoms with E-state index in [-0.39, 0.29) is 5.66 Å². The van der Waals surface area contributed by atoms with E-state index in [2.05, 4.69) is 10.2 Å². The molecule has 0 aliphatic carbocycles. The van der Waals surface area contributed by atoms with Gasteiger partial charge in [-0.15, -0.1) is 0 Å². The molecule has 0 bridgehead atoms. The summed E-state index contributed by atoms with van der Waals surface area (Å²) in [5.41, 5.74) is 5.08. The van der Waals surface area contributed by atoms with Crippen LogP contribution in [0.3, 0.4) is 0 Å². The molecule has 1 aliphatic heterocycles. The van der Waals surface area contributed by atoms with Gasteiger partial charge in [0, 0.05) is 0 Å². The fraction of sp³-hybridized carbons (Fsp3) is 0.857. The highest BCUT2D eigenvalue weighted by atomic mass is 16.4. The molecule has 0 saturated heterocycles. The lowest BCUT2D eigenvalue weighted by Crippen LogP contribution is -2.30. The smallest absolute Gasteiger partial charge is 0.320 e. The molecule has 0 aromatic rings. The SMILES string of the molecule is CC1(CCCC(N)C(=O)O)N=N1. The molecule has 0 amide bonds. The van der Waals surface area contributed by atoms with Crippen LogP contribution in [0, 0.1) is 0 Å². The third-order valence-electron chi connectivity index (χ3n) is 1.92. The molecule has 0 radical (unpaired) electrons. The van der Waals surface area contributed by atoms with Crippen LogP contribution < -0.4 is 5.73 Å². The Hall–Kier alpha value is -0.970. The Bertz CT molecular complexity index is 209. The number of nitrogens with two attached hydrogens (primary N) is 1. The molecule has 1 aliphatic rings. The molecule has 0 aromatic carbocycles. The molecule has 1 rings (SSSR count). The van der Waals surface area contributed by atoms with E-state index in [1.54, 1.807) is 0 Å². The van der Waals surface area contributed by atoms with Gasteiger partial charge in [-0.05, 0) is 26.2 Å². The minimum atomic E-state index is -0.940. The lowest BCUT2D eigenvalue weighted by atomic mass is 10.1. The third-order valence-corrected chi connectivity index (χ3v) is 1.92. The molecule has 5 nitrogen and oxygen atoms in total. The first-order valence-electron chi connectivity index (χ1n) is 3.96. The Labute approximate surface area is 70.7 Å². The van der Waals surface area contributed by atoms with Crippen LogP contribution in [0.4, 0.5) is 0 Å². The molecule has 3 N–H and O–H groups in total. The molecule has 5 heteroatoms. The van der Waals surface area contributed by atoms with Crippen LogP contribution in [0.1, 0.15) is 26.2 Å². The van der Waals surface area contributed by atoms with Crippen LogP contribution in [0.15, 0.2) is 10.2 Å². The minimum Gasteiger partial charge on any atom is -0.480 e. The third kappa shape index (κ3) is 2.58. The molecule has 68 valence electrons. The van der Waals surface area contributed by atoms with Gasteiger partial charge >= 0.3 is 5.97 Å². The van der Waals surface area contributed by atoms with Crippen molar-refractivity contribution in [1.82, 2.24) is 0 Å². The largest absolute Gasteiger partial charge is 0.480 e. The van der Waals surface area contributed by atoms with Gasteiger partial charge in [0.2, 0.25) is 0 Å². The quantitative estimate of drug-likeness (QED) is 0.639. The summed E-state index contributed by atoms with van der Waals surface area (Å²) in [4.78, 5) is 10.3. The maximum absolute atomic E-state index is 10.3. The number of hydrogen-bond donors (Lipinski definition) is 2. The standard InChI is InChI=1S/C7H13N3O2/c1-7(9-10-7)4-2-3-5(8)6(11)12/h5H,2-4,8H2,1H3,(H,11,12). The fourth-order valence-corrected chi connectivity index (χ4v) is 0.966. The monoisotopic (exact) mass is 171 g/mol. The molecule has 0 fully saturated rings. The average molecular weight is 171 g/mol. The van der Waals surface area contributed by atoms with Crippen LogP contribution in [-0.2, 0) is 4.79 Å². The van der Waals surface area contributed by atoms with Gasteiger partial charge in [-0.2, -0.15) is 10.2 Å². The molecular weight excluding hydrogens is 158 g/mol. The maximum atomic E-state index is 10.3. The van der Waals surface area contributed by atoms with E-state index in [1.807, 2.05) is 6.92 Å². The Morgan fingerprint density at radius 3 is 2.67 bits per heavy atom. The second kappa shape index (κ2) is 3.18. The van der Waals surface area contributed by atoms with Gasteiger partial charge in [0.15, 0.2) is 5.66 Å². The van der Waals surface area contributed by atoms with Crippen molar-refractivity contribution in [2.24, 2.45) is 16.0 Å². The van der Waals surface area contributed by atoms with Crippen LogP contribution in [0.2, 0.25) is 0 Å². The van der Waals surface area contributed by atoms with E-state index in [4.69, 9.17) is 10.8 Å². The van der Waals surface area contributed by atoms with Crippen LogP contribution >= 0.6 is 0 Å². The number of carbonyl (C=O) groups is 1. The average Bonchev–Trinajstić information content (AvgIpc) is 2.68. The van der Waals surface area contributed by atoms with Crippen molar-refractivity contribution in [2.45, 2.75) is 37.9 Å². The van der Waals surface area contributed by atoms with Crippen LogP contribution in [-0.4, -0.2) is 22.8 Å². The Morgan fingerprint density at radius 1 is 1.67 bits per heavy atom. The number of aliphatic carboxylic acids is 1. The zero-order chi connectivity index (χ0) is 9.19. The number of carboxylic acids is 1. The predicted molar refractivity (Wildman–Crippen MR) is 42.7 cm³/mol. The number of carboxylic acid groups (broad SMARTS) is 1. The summed E-state index contributed by atoms with van der Waals surface area (Å²) < 4.78 is 0. The Kier molecular flexibility index (Phi) is 2.42. The van der Waals surface area contributed by atoms with Crippen molar-refractivity contribution >= 4 is 5.97 Å². The number of hydrogen-bond acceptors (Lipinski definition) is 4. The highest BCUT2D eigenvalue weighted by Gasteiger charge is 2.32. The molecule has 0 saturated carbocycles. The zero-order valence-electron chi connectivity index (χ0n) is 7.03. The van der Waals surface area contributed by atoms with Gasteiger partial charge in [0.05, 0.1) is 0 Å². The first-order valence-corrected chi connectivity index (χ1v) is 3.96. The first-order chi connectivity index (χ1) is 5.53. The summed E-state index contributed by atoms with van der Waals surface area (Å²) in [7, 11) is 0. The van der Waals surface area contributed by atoms with Gasteiger partial charge < -0.3 is 10.8 Å². The summed E-state index contributed by atoms with van der Waals surface area (Å²) in [5, 5.41) is 16.1. The summed E-state index contributed by atoms with van der Waals surface area (Å²) in [6, 6.07) is -0.743. The molecule has 1 unspecified atom stereocenters. The Morgan fingerprint density at radius 2 is 2.25 bits per heavy atom. The van der Waals surface area contributed by atoms with E-state index in [1.165, 1.54) is 0 Å². The topological polar surface area (TPSA) is 88.0 Å². The number of nitrogens with zero attached hydrogens (tertiary/aromatic N) is 2. The van der Waals surface area contributed by atoms with E-state index < -0.39 is 12.0 Å². The van der Waals surface area contributed by atoms with Gasteiger partial charge in [-0.3, -0.25) is 4.79 Å². The molecule has 12 heavy (non-hydrogen) atoms. The van der Waals surface area contributed by atoms with E-state index in [0.29, 0.717) is 6.42 Å². The first kappa shape index (κ1) is 9.12.